The summed E-state index contributed by atoms with van der Waals surface area (Å²) in [6, 6.07) is 12.1. The van der Waals surface area contributed by atoms with Gasteiger partial charge in [-0.05, 0) is 24.3 Å². The van der Waals surface area contributed by atoms with Gasteiger partial charge in [-0.2, -0.15) is 0 Å². The molecule has 4 nitrogen and oxygen atoms in total. The third-order valence-electron chi connectivity index (χ3n) is 3.91. The first-order chi connectivity index (χ1) is 11.3. The van der Waals surface area contributed by atoms with Crippen molar-refractivity contribution in [2.24, 2.45) is 0 Å². The molecule has 0 saturated carbocycles. The zero-order chi connectivity index (χ0) is 15.8. The molecule has 2 heterocycles. The number of fused-ring (bicyclic) bond motifs is 1. The van der Waals surface area contributed by atoms with Gasteiger partial charge in [0.05, 0.1) is 19.3 Å². The summed E-state index contributed by atoms with van der Waals surface area (Å²) in [4.78, 5) is 0. The first-order valence-corrected chi connectivity index (χ1v) is 7.32. The van der Waals surface area contributed by atoms with Crippen molar-refractivity contribution >= 4 is 0 Å². The quantitative estimate of drug-likeness (QED) is 0.731. The molecule has 0 saturated heterocycles. The van der Waals surface area contributed by atoms with Gasteiger partial charge in [0.15, 0.2) is 17.3 Å². The van der Waals surface area contributed by atoms with Gasteiger partial charge < -0.3 is 14.0 Å². The van der Waals surface area contributed by atoms with Gasteiger partial charge in [-0.25, -0.2) is 4.39 Å². The second kappa shape index (κ2) is 5.43. The van der Waals surface area contributed by atoms with Crippen LogP contribution in [0.25, 0.3) is 22.6 Å². The Balaban J connectivity index is 1.77. The molecule has 23 heavy (non-hydrogen) atoms. The van der Waals surface area contributed by atoms with Crippen LogP contribution in [-0.2, 0) is 6.42 Å². The summed E-state index contributed by atoms with van der Waals surface area (Å²) in [6.45, 7) is 0.647. The summed E-state index contributed by atoms with van der Waals surface area (Å²) in [5, 5.41) is 4.07. The Morgan fingerprint density at radius 1 is 1.17 bits per heavy atom. The normalized spacial score (nSPS) is 12.8. The highest BCUT2D eigenvalue weighted by molar-refractivity contribution is 5.71. The minimum Gasteiger partial charge on any atom is -0.493 e. The van der Waals surface area contributed by atoms with Gasteiger partial charge in [0.25, 0.3) is 0 Å². The molecular weight excluding hydrogens is 297 g/mol. The predicted molar refractivity (Wildman–Crippen MR) is 83.1 cm³/mol. The van der Waals surface area contributed by atoms with Crippen molar-refractivity contribution in [2.75, 3.05) is 13.7 Å². The first kappa shape index (κ1) is 13.8. The van der Waals surface area contributed by atoms with E-state index in [4.69, 9.17) is 14.0 Å². The third-order valence-corrected chi connectivity index (χ3v) is 3.91. The maximum absolute atomic E-state index is 13.9. The number of rotatable bonds is 3. The minimum absolute atomic E-state index is 0.338. The summed E-state index contributed by atoms with van der Waals surface area (Å²) in [5.74, 6) is 1.52. The van der Waals surface area contributed by atoms with Crippen molar-refractivity contribution < 1.29 is 18.4 Å². The Kier molecular flexibility index (Phi) is 3.26. The number of hydrogen-bond acceptors (Lipinski definition) is 4. The van der Waals surface area contributed by atoms with E-state index in [1.54, 1.807) is 31.4 Å². The molecule has 0 atom stereocenters. The van der Waals surface area contributed by atoms with Gasteiger partial charge >= 0.3 is 0 Å². The molecule has 1 aliphatic heterocycles. The van der Waals surface area contributed by atoms with E-state index in [9.17, 15) is 4.39 Å². The van der Waals surface area contributed by atoms with Crippen molar-refractivity contribution in [3.8, 4) is 34.1 Å². The number of aromatic nitrogens is 1. The van der Waals surface area contributed by atoms with Crippen LogP contribution in [0, 0.1) is 5.82 Å². The van der Waals surface area contributed by atoms with E-state index < -0.39 is 0 Å². The minimum atomic E-state index is -0.338. The van der Waals surface area contributed by atoms with Gasteiger partial charge in [0.1, 0.15) is 11.5 Å². The van der Waals surface area contributed by atoms with Crippen LogP contribution in [0.3, 0.4) is 0 Å². The Morgan fingerprint density at radius 2 is 2.04 bits per heavy atom. The zero-order valence-electron chi connectivity index (χ0n) is 12.5. The van der Waals surface area contributed by atoms with Crippen LogP contribution in [0.5, 0.6) is 11.5 Å². The second-order valence-electron chi connectivity index (χ2n) is 5.32. The molecule has 0 bridgehead atoms. The molecule has 0 unspecified atom stereocenters. The molecule has 3 aromatic rings. The number of nitrogens with zero attached hydrogens (tertiary/aromatic N) is 1. The van der Waals surface area contributed by atoms with Crippen LogP contribution in [-0.4, -0.2) is 18.9 Å². The summed E-state index contributed by atoms with van der Waals surface area (Å²) in [7, 11) is 1.61. The first-order valence-electron chi connectivity index (χ1n) is 7.32. The highest BCUT2D eigenvalue weighted by Crippen LogP contribution is 2.40. The largest absolute Gasteiger partial charge is 0.493 e. The average molecular weight is 311 g/mol. The van der Waals surface area contributed by atoms with Crippen LogP contribution in [0.1, 0.15) is 5.56 Å². The van der Waals surface area contributed by atoms with Crippen LogP contribution in [0.2, 0.25) is 0 Å². The summed E-state index contributed by atoms with van der Waals surface area (Å²) >= 11 is 0. The molecule has 5 heteroatoms. The lowest BCUT2D eigenvalue weighted by Crippen LogP contribution is -1.91. The van der Waals surface area contributed by atoms with Gasteiger partial charge in [-0.1, -0.05) is 17.3 Å². The van der Waals surface area contributed by atoms with Crippen LogP contribution in [0.4, 0.5) is 4.39 Å². The Hall–Kier alpha value is -2.82. The van der Waals surface area contributed by atoms with E-state index in [1.165, 1.54) is 6.07 Å². The van der Waals surface area contributed by atoms with E-state index in [-0.39, 0.29) is 5.82 Å². The van der Waals surface area contributed by atoms with Gasteiger partial charge in [0.2, 0.25) is 0 Å². The fourth-order valence-electron chi connectivity index (χ4n) is 2.77. The molecule has 0 aliphatic carbocycles. The van der Waals surface area contributed by atoms with Crippen LogP contribution >= 0.6 is 0 Å². The van der Waals surface area contributed by atoms with E-state index in [1.807, 2.05) is 12.1 Å². The molecule has 0 fully saturated rings. The zero-order valence-corrected chi connectivity index (χ0v) is 12.5. The molecule has 0 N–H and O–H groups in total. The van der Waals surface area contributed by atoms with Crippen molar-refractivity contribution in [1.29, 1.82) is 0 Å². The highest BCUT2D eigenvalue weighted by atomic mass is 19.1. The Morgan fingerprint density at radius 3 is 2.87 bits per heavy atom. The maximum atomic E-state index is 13.9. The lowest BCUT2D eigenvalue weighted by molar-refractivity contribution is 0.326. The fraction of sp³-hybridized carbons (Fsp3) is 0.167. The van der Waals surface area contributed by atoms with Crippen LogP contribution in [0.15, 0.2) is 47.0 Å². The number of hydrogen-bond donors (Lipinski definition) is 0. The fourth-order valence-corrected chi connectivity index (χ4v) is 2.77. The van der Waals surface area contributed by atoms with E-state index in [0.29, 0.717) is 29.4 Å². The predicted octanol–water partition coefficient (Wildman–Crippen LogP) is 4.09. The number of methoxy groups -OCH3 is 1. The summed E-state index contributed by atoms with van der Waals surface area (Å²) in [6.07, 6.45) is 0.831. The monoisotopic (exact) mass is 311 g/mol. The number of halogens is 1. The molecule has 0 radical (unpaired) electrons. The maximum Gasteiger partial charge on any atom is 0.170 e. The number of benzene rings is 2. The molecule has 2 aromatic carbocycles. The Bertz CT molecular complexity index is 872. The standard InChI is InChI=1S/C18H14FNO3/c1-21-17-9-12(8-11-6-7-22-18(11)17)15-10-16(23-20-15)13-4-2-3-5-14(13)19/h2-5,8-10H,6-7H2,1H3. The smallest absolute Gasteiger partial charge is 0.170 e. The summed E-state index contributed by atoms with van der Waals surface area (Å²) < 4.78 is 30.1. The van der Waals surface area contributed by atoms with Crippen LogP contribution < -0.4 is 9.47 Å². The van der Waals surface area contributed by atoms with Crippen molar-refractivity contribution in [1.82, 2.24) is 5.16 Å². The van der Waals surface area contributed by atoms with Crippen molar-refractivity contribution in [3.05, 3.63) is 53.8 Å². The highest BCUT2D eigenvalue weighted by Gasteiger charge is 2.20. The molecule has 0 spiro atoms. The molecule has 0 amide bonds. The molecule has 1 aliphatic rings. The lowest BCUT2D eigenvalue weighted by Gasteiger charge is -2.08. The van der Waals surface area contributed by atoms with E-state index in [2.05, 4.69) is 5.16 Å². The molecule has 116 valence electrons. The van der Waals surface area contributed by atoms with Gasteiger partial charge in [-0.15, -0.1) is 0 Å². The van der Waals surface area contributed by atoms with E-state index >= 15 is 0 Å². The van der Waals surface area contributed by atoms with Crippen molar-refractivity contribution in [3.63, 3.8) is 0 Å². The molecular formula is C18H14FNO3. The van der Waals surface area contributed by atoms with Gasteiger partial charge in [0, 0.05) is 23.6 Å². The lowest BCUT2D eigenvalue weighted by atomic mass is 10.0. The molecule has 1 aromatic heterocycles. The SMILES string of the molecule is COc1cc(-c2cc(-c3ccccc3F)on2)cc2c1OCC2. The number of ether oxygens (including phenoxy) is 2. The van der Waals surface area contributed by atoms with Crippen molar-refractivity contribution in [2.45, 2.75) is 6.42 Å². The van der Waals surface area contributed by atoms with Gasteiger partial charge in [-0.3, -0.25) is 0 Å². The molecule has 4 rings (SSSR count). The Labute approximate surface area is 132 Å². The average Bonchev–Trinajstić information content (AvgIpc) is 3.23. The van der Waals surface area contributed by atoms with E-state index in [0.717, 1.165) is 23.3 Å². The second-order valence-corrected chi connectivity index (χ2v) is 5.32. The third kappa shape index (κ3) is 2.34. The summed E-state index contributed by atoms with van der Waals surface area (Å²) in [5.41, 5.74) is 2.96. The topological polar surface area (TPSA) is 44.5 Å².